The number of rotatable bonds is 5. The Morgan fingerprint density at radius 2 is 2.07 bits per heavy atom. The first-order chi connectivity index (χ1) is 6.66. The fraction of sp³-hybridized carbons (Fsp3) is 0.900. The number of hydrogen-bond acceptors (Lipinski definition) is 3. The molecule has 0 aromatic heterocycles. The highest BCUT2D eigenvalue weighted by molar-refractivity contribution is 5.75. The Bertz CT molecular complexity index is 188. The van der Waals surface area contributed by atoms with E-state index < -0.39 is 5.79 Å². The minimum atomic E-state index is -0.487. The second-order valence-electron chi connectivity index (χ2n) is 3.68. The molecule has 0 aromatic rings. The van der Waals surface area contributed by atoms with Gasteiger partial charge in [0, 0.05) is 19.4 Å². The lowest BCUT2D eigenvalue weighted by Gasteiger charge is -2.22. The minimum absolute atomic E-state index is 0.106. The van der Waals surface area contributed by atoms with Crippen molar-refractivity contribution in [1.82, 2.24) is 5.32 Å². The Morgan fingerprint density at radius 1 is 1.43 bits per heavy atom. The molecule has 0 spiro atoms. The number of hydrogen-bond donors (Lipinski definition) is 1. The van der Waals surface area contributed by atoms with E-state index in [1.165, 1.54) is 0 Å². The summed E-state index contributed by atoms with van der Waals surface area (Å²) in [7, 11) is 0. The van der Waals surface area contributed by atoms with Crippen molar-refractivity contribution in [2.24, 2.45) is 0 Å². The first-order valence-electron chi connectivity index (χ1n) is 5.21. The van der Waals surface area contributed by atoms with Gasteiger partial charge in [-0.1, -0.05) is 6.92 Å². The third-order valence-corrected chi connectivity index (χ3v) is 2.28. The van der Waals surface area contributed by atoms with Crippen LogP contribution in [0.5, 0.6) is 0 Å². The van der Waals surface area contributed by atoms with Crippen LogP contribution in [0.1, 0.15) is 33.1 Å². The van der Waals surface area contributed by atoms with Gasteiger partial charge in [-0.15, -0.1) is 0 Å². The summed E-state index contributed by atoms with van der Waals surface area (Å²) in [5, 5.41) is 2.84. The third-order valence-electron chi connectivity index (χ3n) is 2.28. The number of ether oxygens (including phenoxy) is 2. The Hall–Kier alpha value is -0.610. The molecule has 1 aliphatic heterocycles. The van der Waals surface area contributed by atoms with Gasteiger partial charge in [0.15, 0.2) is 5.79 Å². The fourth-order valence-electron chi connectivity index (χ4n) is 1.45. The van der Waals surface area contributed by atoms with E-state index in [0.29, 0.717) is 32.6 Å². The van der Waals surface area contributed by atoms with E-state index in [9.17, 15) is 4.79 Å². The van der Waals surface area contributed by atoms with Crippen LogP contribution in [0.4, 0.5) is 0 Å². The quantitative estimate of drug-likeness (QED) is 0.723. The fourth-order valence-corrected chi connectivity index (χ4v) is 1.45. The Kier molecular flexibility index (Phi) is 4.35. The van der Waals surface area contributed by atoms with Crippen LogP contribution in [0, 0.1) is 0 Å². The van der Waals surface area contributed by atoms with Crippen LogP contribution in [0.15, 0.2) is 0 Å². The number of amides is 1. The maximum Gasteiger partial charge on any atom is 0.219 e. The molecule has 1 rings (SSSR count). The highest BCUT2D eigenvalue weighted by Gasteiger charge is 2.30. The lowest BCUT2D eigenvalue weighted by atomic mass is 10.2. The van der Waals surface area contributed by atoms with Gasteiger partial charge in [0.2, 0.25) is 5.91 Å². The first kappa shape index (κ1) is 11.5. The maximum absolute atomic E-state index is 11.1. The molecule has 4 nitrogen and oxygen atoms in total. The van der Waals surface area contributed by atoms with Crippen molar-refractivity contribution in [3.63, 3.8) is 0 Å². The molecule has 0 saturated carbocycles. The number of carbonyl (C=O) groups excluding carboxylic acids is 1. The van der Waals surface area contributed by atoms with Gasteiger partial charge in [-0.25, -0.2) is 0 Å². The average molecular weight is 201 g/mol. The van der Waals surface area contributed by atoms with Crippen LogP contribution in [0.2, 0.25) is 0 Å². The molecule has 0 atom stereocenters. The molecular weight excluding hydrogens is 182 g/mol. The zero-order chi connectivity index (χ0) is 10.4. The lowest BCUT2D eigenvalue weighted by Crippen LogP contribution is -2.33. The van der Waals surface area contributed by atoms with Gasteiger partial charge in [-0.3, -0.25) is 4.79 Å². The van der Waals surface area contributed by atoms with Crippen molar-refractivity contribution in [3.8, 4) is 0 Å². The second-order valence-corrected chi connectivity index (χ2v) is 3.68. The van der Waals surface area contributed by atoms with E-state index in [1.807, 2.05) is 13.8 Å². The van der Waals surface area contributed by atoms with Crippen molar-refractivity contribution in [2.75, 3.05) is 19.8 Å². The van der Waals surface area contributed by atoms with E-state index in [1.54, 1.807) is 0 Å². The van der Waals surface area contributed by atoms with Crippen LogP contribution in [-0.2, 0) is 14.3 Å². The van der Waals surface area contributed by atoms with Gasteiger partial charge < -0.3 is 14.8 Å². The first-order valence-corrected chi connectivity index (χ1v) is 5.21. The SMILES string of the molecule is CCCC(=O)NCCC1(C)OCCO1. The molecule has 1 saturated heterocycles. The highest BCUT2D eigenvalue weighted by atomic mass is 16.7. The van der Waals surface area contributed by atoms with Gasteiger partial charge in [-0.2, -0.15) is 0 Å². The zero-order valence-electron chi connectivity index (χ0n) is 8.97. The van der Waals surface area contributed by atoms with Gasteiger partial charge >= 0.3 is 0 Å². The van der Waals surface area contributed by atoms with Crippen LogP contribution in [0.3, 0.4) is 0 Å². The van der Waals surface area contributed by atoms with Crippen molar-refractivity contribution in [3.05, 3.63) is 0 Å². The van der Waals surface area contributed by atoms with Gasteiger partial charge in [0.25, 0.3) is 0 Å². The predicted molar refractivity (Wildman–Crippen MR) is 52.8 cm³/mol. The molecule has 14 heavy (non-hydrogen) atoms. The standard InChI is InChI=1S/C10H19NO3/c1-3-4-9(12)11-6-5-10(2)13-7-8-14-10/h3-8H2,1-2H3,(H,11,12). The van der Waals surface area contributed by atoms with Gasteiger partial charge in [0.1, 0.15) is 0 Å². The number of carbonyl (C=O) groups is 1. The molecule has 1 aliphatic rings. The van der Waals surface area contributed by atoms with E-state index in [-0.39, 0.29) is 5.91 Å². The lowest BCUT2D eigenvalue weighted by molar-refractivity contribution is -0.146. The smallest absolute Gasteiger partial charge is 0.219 e. The summed E-state index contributed by atoms with van der Waals surface area (Å²) < 4.78 is 10.8. The molecule has 0 unspecified atom stereocenters. The molecule has 1 amide bonds. The maximum atomic E-state index is 11.1. The molecule has 82 valence electrons. The summed E-state index contributed by atoms with van der Waals surface area (Å²) in [6, 6.07) is 0. The van der Waals surface area contributed by atoms with E-state index in [4.69, 9.17) is 9.47 Å². The minimum Gasteiger partial charge on any atom is -0.356 e. The normalized spacial score (nSPS) is 19.6. The number of nitrogens with one attached hydrogen (secondary N) is 1. The van der Waals surface area contributed by atoms with Crippen LogP contribution < -0.4 is 5.32 Å². The largest absolute Gasteiger partial charge is 0.356 e. The summed E-state index contributed by atoms with van der Waals surface area (Å²) >= 11 is 0. The molecule has 0 radical (unpaired) electrons. The zero-order valence-corrected chi connectivity index (χ0v) is 8.97. The highest BCUT2D eigenvalue weighted by Crippen LogP contribution is 2.21. The molecular formula is C10H19NO3. The second kappa shape index (κ2) is 5.32. The summed E-state index contributed by atoms with van der Waals surface area (Å²) in [6.45, 7) is 5.82. The topological polar surface area (TPSA) is 47.6 Å². The Morgan fingerprint density at radius 3 is 2.64 bits per heavy atom. The van der Waals surface area contributed by atoms with Crippen molar-refractivity contribution in [1.29, 1.82) is 0 Å². The van der Waals surface area contributed by atoms with Gasteiger partial charge in [0.05, 0.1) is 13.2 Å². The van der Waals surface area contributed by atoms with Crippen molar-refractivity contribution < 1.29 is 14.3 Å². The van der Waals surface area contributed by atoms with Gasteiger partial charge in [-0.05, 0) is 13.3 Å². The molecule has 1 N–H and O–H groups in total. The summed E-state index contributed by atoms with van der Waals surface area (Å²) in [5.41, 5.74) is 0. The van der Waals surface area contributed by atoms with Crippen LogP contribution in [0.25, 0.3) is 0 Å². The molecule has 0 bridgehead atoms. The van der Waals surface area contributed by atoms with Crippen molar-refractivity contribution >= 4 is 5.91 Å². The van der Waals surface area contributed by atoms with Crippen molar-refractivity contribution in [2.45, 2.75) is 38.9 Å². The average Bonchev–Trinajstić information content (AvgIpc) is 2.53. The van der Waals surface area contributed by atoms with E-state index >= 15 is 0 Å². The molecule has 4 heteroatoms. The molecule has 0 aliphatic carbocycles. The summed E-state index contributed by atoms with van der Waals surface area (Å²) in [4.78, 5) is 11.1. The Labute approximate surface area is 85.0 Å². The molecule has 0 aromatic carbocycles. The van der Waals surface area contributed by atoms with Crippen LogP contribution in [-0.4, -0.2) is 31.5 Å². The third kappa shape index (κ3) is 3.64. The summed E-state index contributed by atoms with van der Waals surface area (Å²) in [5.74, 6) is -0.381. The molecule has 1 fully saturated rings. The van der Waals surface area contributed by atoms with Crippen LogP contribution >= 0.6 is 0 Å². The molecule has 1 heterocycles. The summed E-state index contributed by atoms with van der Waals surface area (Å²) in [6.07, 6.45) is 2.19. The Balaban J connectivity index is 2.11. The van der Waals surface area contributed by atoms with E-state index in [0.717, 1.165) is 6.42 Å². The predicted octanol–water partition coefficient (Wildman–Crippen LogP) is 1.06. The monoisotopic (exact) mass is 201 g/mol. The van der Waals surface area contributed by atoms with E-state index in [2.05, 4.69) is 5.32 Å².